The molecule has 0 aliphatic heterocycles. The van der Waals surface area contributed by atoms with Crippen LogP contribution in [0.4, 0.5) is 18.9 Å². The summed E-state index contributed by atoms with van der Waals surface area (Å²) in [6, 6.07) is 11.0. The molecule has 0 aliphatic rings. The van der Waals surface area contributed by atoms with E-state index in [-0.39, 0.29) is 22.4 Å². The highest BCUT2D eigenvalue weighted by atomic mass is 35.5. The third-order valence-corrected chi connectivity index (χ3v) is 6.03. The predicted octanol–water partition coefficient (Wildman–Crippen LogP) is 5.19. The van der Waals surface area contributed by atoms with E-state index in [1.54, 1.807) is 35.8 Å². The molecule has 3 aromatic rings. The lowest BCUT2D eigenvalue weighted by Crippen LogP contribution is -2.28. The highest BCUT2D eigenvalue weighted by Gasteiger charge is 2.31. The van der Waals surface area contributed by atoms with Crippen LogP contribution in [0.1, 0.15) is 41.6 Å². The van der Waals surface area contributed by atoms with Crippen LogP contribution in [0.25, 0.3) is 0 Å². The Kier molecular flexibility index (Phi) is 8.21. The van der Waals surface area contributed by atoms with Gasteiger partial charge in [-0.3, -0.25) is 9.59 Å². The number of hydrogen-bond donors (Lipinski definition) is 2. The Balaban J connectivity index is 1.65. The van der Waals surface area contributed by atoms with Crippen molar-refractivity contribution in [2.75, 3.05) is 11.1 Å². The zero-order valence-electron chi connectivity index (χ0n) is 18.2. The Hall–Kier alpha value is -3.05. The number of thioether (sulfide) groups is 1. The summed E-state index contributed by atoms with van der Waals surface area (Å²) in [7, 11) is 0. The van der Waals surface area contributed by atoms with E-state index >= 15 is 0 Å². The second kappa shape index (κ2) is 10.9. The van der Waals surface area contributed by atoms with Gasteiger partial charge in [-0.2, -0.15) is 13.2 Å². The molecule has 0 saturated carbocycles. The van der Waals surface area contributed by atoms with Crippen LogP contribution in [0.5, 0.6) is 0 Å². The Labute approximate surface area is 203 Å². The summed E-state index contributed by atoms with van der Waals surface area (Å²) in [5.74, 6) is -0.431. The van der Waals surface area contributed by atoms with Crippen molar-refractivity contribution in [2.24, 2.45) is 0 Å². The fourth-order valence-corrected chi connectivity index (χ4v) is 4.05. The van der Waals surface area contributed by atoms with Crippen LogP contribution >= 0.6 is 23.4 Å². The van der Waals surface area contributed by atoms with E-state index in [9.17, 15) is 22.8 Å². The van der Waals surface area contributed by atoms with Crippen LogP contribution in [-0.2, 0) is 17.5 Å². The quantitative estimate of drug-likeness (QED) is 0.406. The van der Waals surface area contributed by atoms with E-state index in [2.05, 4.69) is 20.8 Å². The Bertz CT molecular complexity index is 1170. The highest BCUT2D eigenvalue weighted by molar-refractivity contribution is 7.99. The molecule has 2 N–H and O–H groups in total. The summed E-state index contributed by atoms with van der Waals surface area (Å²) >= 11 is 7.00. The van der Waals surface area contributed by atoms with Crippen LogP contribution in [0.2, 0.25) is 5.02 Å². The fraction of sp³-hybridized carbons (Fsp3) is 0.273. The molecular weight excluding hydrogens is 491 g/mol. The summed E-state index contributed by atoms with van der Waals surface area (Å²) in [5, 5.41) is 13.9. The number of amides is 2. The number of carbonyl (C=O) groups is 2. The van der Waals surface area contributed by atoms with Gasteiger partial charge in [-0.15, -0.1) is 10.2 Å². The van der Waals surface area contributed by atoms with Gasteiger partial charge in [0.05, 0.1) is 28.1 Å². The number of anilines is 1. The monoisotopic (exact) mass is 511 g/mol. The van der Waals surface area contributed by atoms with E-state index in [4.69, 9.17) is 11.6 Å². The normalized spacial score (nSPS) is 12.3. The number of aromatic nitrogens is 3. The zero-order chi connectivity index (χ0) is 24.9. The minimum Gasteiger partial charge on any atom is -0.342 e. The molecule has 0 fully saturated rings. The van der Waals surface area contributed by atoms with Gasteiger partial charge < -0.3 is 15.2 Å². The van der Waals surface area contributed by atoms with Crippen molar-refractivity contribution in [3.8, 4) is 0 Å². The van der Waals surface area contributed by atoms with Gasteiger partial charge in [0, 0.05) is 12.1 Å². The number of halogens is 4. The molecule has 180 valence electrons. The fourth-order valence-electron chi connectivity index (χ4n) is 3.07. The first kappa shape index (κ1) is 25.6. The van der Waals surface area contributed by atoms with Gasteiger partial charge in [0.2, 0.25) is 5.91 Å². The SMILES string of the molecule is CCn1c(SCC(=O)Nc2cc(C(F)(F)F)ccc2Cl)nnc1[C@@H](C)NC(=O)c1ccccc1. The van der Waals surface area contributed by atoms with Gasteiger partial charge in [0.25, 0.3) is 5.91 Å². The molecule has 12 heteroatoms. The lowest BCUT2D eigenvalue weighted by Gasteiger charge is -2.15. The second-order valence-electron chi connectivity index (χ2n) is 7.18. The predicted molar refractivity (Wildman–Crippen MR) is 124 cm³/mol. The first-order valence-corrected chi connectivity index (χ1v) is 11.5. The van der Waals surface area contributed by atoms with Gasteiger partial charge >= 0.3 is 6.18 Å². The Morgan fingerprint density at radius 1 is 1.15 bits per heavy atom. The molecule has 0 aliphatic carbocycles. The molecule has 1 heterocycles. The first-order chi connectivity index (χ1) is 16.1. The van der Waals surface area contributed by atoms with Crippen LogP contribution < -0.4 is 10.6 Å². The van der Waals surface area contributed by atoms with Crippen molar-refractivity contribution >= 4 is 40.9 Å². The maximum atomic E-state index is 12.9. The van der Waals surface area contributed by atoms with Crippen LogP contribution in [0.3, 0.4) is 0 Å². The van der Waals surface area contributed by atoms with E-state index in [0.29, 0.717) is 23.1 Å². The molecule has 7 nitrogen and oxygen atoms in total. The Morgan fingerprint density at radius 2 is 1.85 bits per heavy atom. The summed E-state index contributed by atoms with van der Waals surface area (Å²) in [6.45, 7) is 4.12. The number of alkyl halides is 3. The van der Waals surface area contributed by atoms with Gasteiger partial charge in [-0.05, 0) is 44.2 Å². The number of benzene rings is 2. The van der Waals surface area contributed by atoms with Crippen LogP contribution in [0, 0.1) is 0 Å². The molecule has 0 radical (unpaired) electrons. The van der Waals surface area contributed by atoms with Crippen molar-refractivity contribution in [1.82, 2.24) is 20.1 Å². The molecule has 0 bridgehead atoms. The molecule has 0 saturated heterocycles. The summed E-state index contributed by atoms with van der Waals surface area (Å²) in [5.41, 5.74) is -0.532. The molecule has 1 atom stereocenters. The van der Waals surface area contributed by atoms with Gasteiger partial charge in [0.15, 0.2) is 11.0 Å². The second-order valence-corrected chi connectivity index (χ2v) is 8.53. The smallest absolute Gasteiger partial charge is 0.342 e. The van der Waals surface area contributed by atoms with Crippen LogP contribution in [0.15, 0.2) is 53.7 Å². The van der Waals surface area contributed by atoms with Crippen molar-refractivity contribution in [3.63, 3.8) is 0 Å². The van der Waals surface area contributed by atoms with Gasteiger partial charge in [-0.25, -0.2) is 0 Å². The highest BCUT2D eigenvalue weighted by Crippen LogP contribution is 2.34. The third-order valence-electron chi connectivity index (χ3n) is 4.73. The molecule has 1 aromatic heterocycles. The molecule has 2 amide bonds. The van der Waals surface area contributed by atoms with Crippen molar-refractivity contribution < 1.29 is 22.8 Å². The maximum absolute atomic E-state index is 12.9. The standard InChI is InChI=1S/C22H21ClF3N5O2S/c1-3-31-19(13(2)27-20(33)14-7-5-4-6-8-14)29-30-21(31)34-12-18(32)28-17-11-15(22(24,25)26)9-10-16(17)23/h4-11,13H,3,12H2,1-2H3,(H,27,33)(H,28,32)/t13-/m1/s1. The first-order valence-electron chi connectivity index (χ1n) is 10.2. The average Bonchev–Trinajstić information content (AvgIpc) is 3.22. The van der Waals surface area contributed by atoms with Gasteiger partial charge in [0.1, 0.15) is 0 Å². The molecule has 3 rings (SSSR count). The lowest BCUT2D eigenvalue weighted by molar-refractivity contribution is -0.137. The molecule has 0 spiro atoms. The summed E-state index contributed by atoms with van der Waals surface area (Å²) in [4.78, 5) is 24.8. The number of nitrogens with zero attached hydrogens (tertiary/aromatic N) is 3. The minimum atomic E-state index is -4.56. The van der Waals surface area contributed by atoms with Crippen LogP contribution in [-0.4, -0.2) is 32.3 Å². The lowest BCUT2D eigenvalue weighted by atomic mass is 10.2. The number of rotatable bonds is 8. The third kappa shape index (κ3) is 6.29. The van der Waals surface area contributed by atoms with Crippen molar-refractivity contribution in [2.45, 2.75) is 37.8 Å². The number of nitrogens with one attached hydrogen (secondary N) is 2. The number of hydrogen-bond acceptors (Lipinski definition) is 5. The van der Waals surface area contributed by atoms with Crippen molar-refractivity contribution in [3.05, 3.63) is 70.5 Å². The molecular formula is C22H21ClF3N5O2S. The summed E-state index contributed by atoms with van der Waals surface area (Å²) in [6.07, 6.45) is -4.56. The maximum Gasteiger partial charge on any atom is 0.416 e. The minimum absolute atomic E-state index is 0.00616. The topological polar surface area (TPSA) is 88.9 Å². The van der Waals surface area contributed by atoms with Gasteiger partial charge in [-0.1, -0.05) is 41.6 Å². The van der Waals surface area contributed by atoms with Crippen molar-refractivity contribution in [1.29, 1.82) is 0 Å². The van der Waals surface area contributed by atoms with E-state index in [1.807, 2.05) is 13.0 Å². The molecule has 2 aromatic carbocycles. The van der Waals surface area contributed by atoms with E-state index in [0.717, 1.165) is 30.0 Å². The van der Waals surface area contributed by atoms with E-state index in [1.165, 1.54) is 0 Å². The van der Waals surface area contributed by atoms with E-state index < -0.39 is 23.7 Å². The largest absolute Gasteiger partial charge is 0.416 e. The summed E-state index contributed by atoms with van der Waals surface area (Å²) < 4.78 is 40.5. The molecule has 0 unspecified atom stereocenters. The molecule has 34 heavy (non-hydrogen) atoms. The zero-order valence-corrected chi connectivity index (χ0v) is 19.8. The number of carbonyl (C=O) groups excluding carboxylic acids is 2. The Morgan fingerprint density at radius 3 is 2.50 bits per heavy atom. The average molecular weight is 512 g/mol.